The predicted octanol–water partition coefficient (Wildman–Crippen LogP) is 4.67. The summed E-state index contributed by atoms with van der Waals surface area (Å²) >= 11 is 6.10. The van der Waals surface area contributed by atoms with Gasteiger partial charge in [0.1, 0.15) is 5.75 Å². The molecule has 0 spiro atoms. The zero-order valence-electron chi connectivity index (χ0n) is 13.7. The lowest BCUT2D eigenvalue weighted by Crippen LogP contribution is -2.65. The highest BCUT2D eigenvalue weighted by atomic mass is 35.5. The molecule has 2 bridgehead atoms. The van der Waals surface area contributed by atoms with Gasteiger partial charge >= 0.3 is 6.03 Å². The van der Waals surface area contributed by atoms with E-state index in [0.717, 1.165) is 23.4 Å². The van der Waals surface area contributed by atoms with E-state index in [-0.39, 0.29) is 12.1 Å². The van der Waals surface area contributed by atoms with Crippen LogP contribution in [0.4, 0.5) is 10.5 Å². The fraction of sp³-hybridized carbons (Fsp3) is 0.316. The second-order valence-corrected chi connectivity index (χ2v) is 6.96. The number of anilines is 1. The minimum Gasteiger partial charge on any atom is -0.467 e. The van der Waals surface area contributed by atoms with Crippen LogP contribution >= 0.6 is 11.6 Å². The summed E-state index contributed by atoms with van der Waals surface area (Å²) < 4.78 is 6.25. The molecule has 1 unspecified atom stereocenters. The molecule has 0 radical (unpaired) electrons. The number of carbonyl (C=O) groups excluding carboxylic acids is 1. The number of nitrogens with one attached hydrogen (secondary N) is 1. The van der Waals surface area contributed by atoms with Crippen LogP contribution < -0.4 is 15.0 Å². The summed E-state index contributed by atoms with van der Waals surface area (Å²) in [5, 5.41) is 3.73. The van der Waals surface area contributed by atoms with E-state index in [0.29, 0.717) is 11.4 Å². The van der Waals surface area contributed by atoms with Crippen molar-refractivity contribution in [1.29, 1.82) is 0 Å². The maximum atomic E-state index is 12.8. The average Bonchev–Trinajstić information content (AvgIpc) is 2.55. The molecule has 24 heavy (non-hydrogen) atoms. The van der Waals surface area contributed by atoms with E-state index in [1.807, 2.05) is 37.3 Å². The van der Waals surface area contributed by atoms with Gasteiger partial charge in [-0.1, -0.05) is 30.7 Å². The molecule has 4 rings (SSSR count). The van der Waals surface area contributed by atoms with Gasteiger partial charge in [-0.2, -0.15) is 0 Å². The monoisotopic (exact) mass is 342 g/mol. The number of urea groups is 1. The number of amides is 2. The van der Waals surface area contributed by atoms with E-state index in [1.165, 1.54) is 5.56 Å². The molecule has 124 valence electrons. The van der Waals surface area contributed by atoms with Crippen molar-refractivity contribution in [3.63, 3.8) is 0 Å². The highest BCUT2D eigenvalue weighted by Gasteiger charge is 2.49. The van der Waals surface area contributed by atoms with E-state index in [2.05, 4.69) is 24.4 Å². The highest BCUT2D eigenvalue weighted by molar-refractivity contribution is 6.30. The van der Waals surface area contributed by atoms with Gasteiger partial charge in [0.05, 0.1) is 6.04 Å². The van der Waals surface area contributed by atoms with Crippen LogP contribution in [0, 0.1) is 0 Å². The predicted molar refractivity (Wildman–Crippen MR) is 94.7 cm³/mol. The molecule has 1 saturated heterocycles. The second-order valence-electron chi connectivity index (χ2n) is 6.52. The van der Waals surface area contributed by atoms with Crippen molar-refractivity contribution in [1.82, 2.24) is 5.32 Å². The molecule has 0 saturated carbocycles. The first-order valence-corrected chi connectivity index (χ1v) is 8.56. The molecule has 0 aromatic heterocycles. The lowest BCUT2D eigenvalue weighted by Gasteiger charge is -2.50. The van der Waals surface area contributed by atoms with Crippen LogP contribution in [0.25, 0.3) is 0 Å². The van der Waals surface area contributed by atoms with E-state index in [4.69, 9.17) is 16.3 Å². The Kier molecular flexibility index (Phi) is 3.46. The van der Waals surface area contributed by atoms with Crippen molar-refractivity contribution >= 4 is 23.3 Å². The molecule has 2 atom stereocenters. The number of carbonyl (C=O) groups is 1. The van der Waals surface area contributed by atoms with Crippen LogP contribution in [0.3, 0.4) is 0 Å². The molecule has 2 amide bonds. The van der Waals surface area contributed by atoms with E-state index < -0.39 is 5.72 Å². The topological polar surface area (TPSA) is 41.6 Å². The number of hydrogen-bond donors (Lipinski definition) is 1. The number of halogens is 1. The van der Waals surface area contributed by atoms with Crippen LogP contribution in [-0.2, 0) is 6.42 Å². The Hall–Kier alpha value is -2.20. The quantitative estimate of drug-likeness (QED) is 0.861. The molecule has 5 heteroatoms. The SMILES string of the molecule is CCc1ccc(N2C(=O)NC3C[C@]2(C)Oc2ccc(Cl)cc23)cc1. The van der Waals surface area contributed by atoms with Crippen LogP contribution in [0.15, 0.2) is 42.5 Å². The Bertz CT molecular complexity index is 806. The third-order valence-electron chi connectivity index (χ3n) is 4.84. The summed E-state index contributed by atoms with van der Waals surface area (Å²) in [6.45, 7) is 4.07. The summed E-state index contributed by atoms with van der Waals surface area (Å²) in [5.41, 5.74) is 2.29. The molecule has 2 aromatic carbocycles. The average molecular weight is 343 g/mol. The number of nitrogens with zero attached hydrogens (tertiary/aromatic N) is 1. The Balaban J connectivity index is 1.76. The summed E-state index contributed by atoms with van der Waals surface area (Å²) in [4.78, 5) is 14.5. The Morgan fingerprint density at radius 2 is 2.04 bits per heavy atom. The van der Waals surface area contributed by atoms with Crippen LogP contribution in [0.5, 0.6) is 5.75 Å². The van der Waals surface area contributed by atoms with Gasteiger partial charge in [-0.3, -0.25) is 4.90 Å². The molecular weight excluding hydrogens is 324 g/mol. The van der Waals surface area contributed by atoms with Gasteiger partial charge in [0, 0.05) is 22.7 Å². The van der Waals surface area contributed by atoms with Gasteiger partial charge in [-0.25, -0.2) is 4.79 Å². The van der Waals surface area contributed by atoms with Crippen molar-refractivity contribution in [2.45, 2.75) is 38.5 Å². The number of fused-ring (bicyclic) bond motifs is 4. The van der Waals surface area contributed by atoms with Crippen LogP contribution in [-0.4, -0.2) is 11.8 Å². The zero-order valence-corrected chi connectivity index (χ0v) is 14.4. The number of benzene rings is 2. The largest absolute Gasteiger partial charge is 0.467 e. The zero-order chi connectivity index (χ0) is 16.9. The standard InChI is InChI=1S/C19H19ClN2O2/c1-3-12-4-7-14(8-5-12)22-18(23)21-16-11-19(22,2)24-17-9-6-13(20)10-15(16)17/h4-10,16H,3,11H2,1-2H3,(H,21,23)/t16?,19-/m0/s1. The van der Waals surface area contributed by atoms with Gasteiger partial charge in [0.25, 0.3) is 0 Å². The molecule has 1 fully saturated rings. The molecule has 2 aromatic rings. The van der Waals surface area contributed by atoms with Gasteiger partial charge in [-0.05, 0) is 49.2 Å². The third kappa shape index (κ3) is 2.33. The number of ether oxygens (including phenoxy) is 1. The Labute approximate surface area is 146 Å². The van der Waals surface area contributed by atoms with E-state index >= 15 is 0 Å². The van der Waals surface area contributed by atoms with Crippen molar-refractivity contribution in [3.05, 3.63) is 58.6 Å². The molecular formula is C19H19ClN2O2. The number of hydrogen-bond acceptors (Lipinski definition) is 2. The van der Waals surface area contributed by atoms with Crippen molar-refractivity contribution in [2.75, 3.05) is 4.90 Å². The first-order valence-electron chi connectivity index (χ1n) is 8.18. The summed E-state index contributed by atoms with van der Waals surface area (Å²) in [6.07, 6.45) is 1.64. The molecule has 1 N–H and O–H groups in total. The summed E-state index contributed by atoms with van der Waals surface area (Å²) in [6, 6.07) is 13.4. The van der Waals surface area contributed by atoms with Gasteiger partial charge < -0.3 is 10.1 Å². The Morgan fingerprint density at radius 1 is 1.29 bits per heavy atom. The lowest BCUT2D eigenvalue weighted by atomic mass is 9.90. The van der Waals surface area contributed by atoms with E-state index in [1.54, 1.807) is 4.90 Å². The highest BCUT2D eigenvalue weighted by Crippen LogP contribution is 2.46. The summed E-state index contributed by atoms with van der Waals surface area (Å²) in [5.74, 6) is 0.772. The van der Waals surface area contributed by atoms with Crippen molar-refractivity contribution in [3.8, 4) is 5.75 Å². The fourth-order valence-corrected chi connectivity index (χ4v) is 3.80. The molecule has 2 aliphatic rings. The van der Waals surface area contributed by atoms with Crippen molar-refractivity contribution < 1.29 is 9.53 Å². The molecule has 0 aliphatic carbocycles. The number of rotatable bonds is 2. The van der Waals surface area contributed by atoms with Crippen LogP contribution in [0.2, 0.25) is 5.02 Å². The fourth-order valence-electron chi connectivity index (χ4n) is 3.62. The first kappa shape index (κ1) is 15.3. The third-order valence-corrected chi connectivity index (χ3v) is 5.07. The normalized spacial score (nSPS) is 24.9. The smallest absolute Gasteiger partial charge is 0.325 e. The second kappa shape index (κ2) is 5.42. The summed E-state index contributed by atoms with van der Waals surface area (Å²) in [7, 11) is 0. The van der Waals surface area contributed by atoms with Gasteiger partial charge in [0.15, 0.2) is 5.72 Å². The van der Waals surface area contributed by atoms with Gasteiger partial charge in [0.2, 0.25) is 0 Å². The lowest BCUT2D eigenvalue weighted by molar-refractivity contribution is 0.0379. The maximum absolute atomic E-state index is 12.8. The molecule has 2 heterocycles. The van der Waals surface area contributed by atoms with Crippen LogP contribution in [0.1, 0.15) is 37.4 Å². The minimum absolute atomic E-state index is 0.0869. The maximum Gasteiger partial charge on any atom is 0.325 e. The van der Waals surface area contributed by atoms with Gasteiger partial charge in [-0.15, -0.1) is 0 Å². The molecule has 2 aliphatic heterocycles. The number of aryl methyl sites for hydroxylation is 1. The Morgan fingerprint density at radius 3 is 2.75 bits per heavy atom. The minimum atomic E-state index is -0.721. The van der Waals surface area contributed by atoms with Crippen molar-refractivity contribution in [2.24, 2.45) is 0 Å². The molecule has 4 nitrogen and oxygen atoms in total. The first-order chi connectivity index (χ1) is 11.5. The van der Waals surface area contributed by atoms with E-state index in [9.17, 15) is 4.79 Å².